The van der Waals surface area contributed by atoms with Gasteiger partial charge in [0.25, 0.3) is 0 Å². The van der Waals surface area contributed by atoms with Crippen LogP contribution in [0.5, 0.6) is 0 Å². The Kier molecular flexibility index (Phi) is 9.09. The van der Waals surface area contributed by atoms with Gasteiger partial charge in [-0.25, -0.2) is 0 Å². The second kappa shape index (κ2) is 9.42. The molecular formula is C13H28N2O2. The molecule has 0 radical (unpaired) electrons. The van der Waals surface area contributed by atoms with Crippen molar-refractivity contribution in [1.82, 2.24) is 10.6 Å². The number of hydrogen-bond donors (Lipinski definition) is 2. The van der Waals surface area contributed by atoms with Crippen molar-refractivity contribution in [2.45, 2.75) is 65.6 Å². The minimum Gasteiger partial charge on any atom is -0.465 e. The molecule has 0 aliphatic carbocycles. The van der Waals surface area contributed by atoms with Gasteiger partial charge in [0.2, 0.25) is 0 Å². The number of rotatable bonds is 9. The molecule has 4 nitrogen and oxygen atoms in total. The molecule has 102 valence electrons. The number of ether oxygens (including phenoxy) is 1. The second-order valence-electron chi connectivity index (χ2n) is 4.88. The number of carbonyl (C=O) groups excluding carboxylic acids is 1. The van der Waals surface area contributed by atoms with Crippen molar-refractivity contribution in [3.8, 4) is 0 Å². The van der Waals surface area contributed by atoms with E-state index in [1.807, 2.05) is 20.8 Å². The molecule has 0 fully saturated rings. The maximum absolute atomic E-state index is 11.7. The Hall–Kier alpha value is -0.610. The van der Waals surface area contributed by atoms with Gasteiger partial charge in [-0.3, -0.25) is 4.79 Å². The molecule has 0 saturated carbocycles. The highest BCUT2D eigenvalue weighted by Crippen LogP contribution is 2.01. The van der Waals surface area contributed by atoms with Crippen LogP contribution in [0.3, 0.4) is 0 Å². The lowest BCUT2D eigenvalue weighted by atomic mass is 10.1. The first-order valence-electron chi connectivity index (χ1n) is 6.63. The van der Waals surface area contributed by atoms with Crippen LogP contribution in [0, 0.1) is 0 Å². The third-order valence-corrected chi connectivity index (χ3v) is 2.33. The smallest absolute Gasteiger partial charge is 0.323 e. The maximum Gasteiger partial charge on any atom is 0.323 e. The average molecular weight is 244 g/mol. The molecule has 2 N–H and O–H groups in total. The van der Waals surface area contributed by atoms with Gasteiger partial charge in [-0.05, 0) is 26.3 Å². The van der Waals surface area contributed by atoms with Crippen LogP contribution in [0.2, 0.25) is 0 Å². The Morgan fingerprint density at radius 3 is 2.29 bits per heavy atom. The van der Waals surface area contributed by atoms with Crippen LogP contribution in [-0.2, 0) is 9.53 Å². The summed E-state index contributed by atoms with van der Waals surface area (Å²) in [5, 5.41) is 6.60. The fraction of sp³-hybridized carbons (Fsp3) is 0.923. The Morgan fingerprint density at radius 2 is 1.82 bits per heavy atom. The summed E-state index contributed by atoms with van der Waals surface area (Å²) in [4.78, 5) is 11.7. The number of hydrogen-bond acceptors (Lipinski definition) is 4. The molecule has 1 atom stereocenters. The molecular weight excluding hydrogens is 216 g/mol. The Labute approximate surface area is 105 Å². The van der Waals surface area contributed by atoms with Gasteiger partial charge < -0.3 is 15.4 Å². The number of nitrogens with one attached hydrogen (secondary N) is 2. The third kappa shape index (κ3) is 9.12. The van der Waals surface area contributed by atoms with E-state index >= 15 is 0 Å². The molecule has 4 heteroatoms. The highest BCUT2D eigenvalue weighted by molar-refractivity contribution is 5.75. The summed E-state index contributed by atoms with van der Waals surface area (Å²) in [7, 11) is 0. The molecule has 1 unspecified atom stereocenters. The first-order valence-corrected chi connectivity index (χ1v) is 6.63. The summed E-state index contributed by atoms with van der Waals surface area (Å²) < 4.78 is 5.06. The zero-order valence-electron chi connectivity index (χ0n) is 11.9. The normalized spacial score (nSPS) is 13.1. The highest BCUT2D eigenvalue weighted by atomic mass is 16.5. The Morgan fingerprint density at radius 1 is 1.18 bits per heavy atom. The zero-order chi connectivity index (χ0) is 13.3. The van der Waals surface area contributed by atoms with Crippen LogP contribution < -0.4 is 10.6 Å². The quantitative estimate of drug-likeness (QED) is 0.479. The van der Waals surface area contributed by atoms with E-state index in [9.17, 15) is 4.79 Å². The number of carbonyl (C=O) groups is 1. The van der Waals surface area contributed by atoms with Gasteiger partial charge in [0.05, 0.1) is 6.61 Å². The van der Waals surface area contributed by atoms with Crippen molar-refractivity contribution in [2.75, 3.05) is 13.2 Å². The molecule has 0 rings (SSSR count). The molecule has 0 heterocycles. The number of esters is 1. The molecule has 0 aliphatic rings. The molecule has 17 heavy (non-hydrogen) atoms. The van der Waals surface area contributed by atoms with Crippen LogP contribution in [0.25, 0.3) is 0 Å². The fourth-order valence-electron chi connectivity index (χ4n) is 1.61. The average Bonchev–Trinajstić information content (AvgIpc) is 2.22. The van der Waals surface area contributed by atoms with Crippen LogP contribution in [-0.4, -0.2) is 37.2 Å². The minimum atomic E-state index is -0.177. The van der Waals surface area contributed by atoms with Gasteiger partial charge >= 0.3 is 5.97 Å². The van der Waals surface area contributed by atoms with Crippen LogP contribution in [0.15, 0.2) is 0 Å². The summed E-state index contributed by atoms with van der Waals surface area (Å²) in [5.41, 5.74) is 0. The van der Waals surface area contributed by atoms with Gasteiger partial charge in [-0.2, -0.15) is 0 Å². The maximum atomic E-state index is 11.7. The first kappa shape index (κ1) is 16.4. The molecule has 0 saturated heterocycles. The van der Waals surface area contributed by atoms with Crippen molar-refractivity contribution in [3.63, 3.8) is 0 Å². The summed E-state index contributed by atoms with van der Waals surface area (Å²) in [6.45, 7) is 11.5. The Balaban J connectivity index is 3.97. The molecule has 0 aromatic heterocycles. The van der Waals surface area contributed by atoms with Crippen LogP contribution in [0.1, 0.15) is 47.5 Å². The standard InChI is InChI=1S/C13H28N2O2/c1-6-17-13(16)12(15-11(4)5)8-7-9-14-10(2)3/h10-12,14-15H,6-9H2,1-5H3. The summed E-state index contributed by atoms with van der Waals surface area (Å²) in [6.07, 6.45) is 1.79. The van der Waals surface area contributed by atoms with E-state index in [0.717, 1.165) is 19.4 Å². The summed E-state index contributed by atoms with van der Waals surface area (Å²) in [5.74, 6) is -0.134. The predicted octanol–water partition coefficient (Wildman–Crippen LogP) is 1.69. The SMILES string of the molecule is CCOC(=O)C(CCCNC(C)C)NC(C)C. The lowest BCUT2D eigenvalue weighted by Crippen LogP contribution is -2.42. The summed E-state index contributed by atoms with van der Waals surface area (Å²) >= 11 is 0. The topological polar surface area (TPSA) is 50.4 Å². The third-order valence-electron chi connectivity index (χ3n) is 2.33. The molecule has 0 bridgehead atoms. The zero-order valence-corrected chi connectivity index (χ0v) is 11.9. The first-order chi connectivity index (χ1) is 7.97. The van der Waals surface area contributed by atoms with Crippen molar-refractivity contribution < 1.29 is 9.53 Å². The lowest BCUT2D eigenvalue weighted by molar-refractivity contribution is -0.146. The van der Waals surface area contributed by atoms with Gasteiger partial charge in [-0.15, -0.1) is 0 Å². The van der Waals surface area contributed by atoms with Crippen molar-refractivity contribution in [2.24, 2.45) is 0 Å². The van der Waals surface area contributed by atoms with Gasteiger partial charge in [0.15, 0.2) is 0 Å². The molecule has 0 amide bonds. The fourth-order valence-corrected chi connectivity index (χ4v) is 1.61. The largest absolute Gasteiger partial charge is 0.465 e. The Bertz CT molecular complexity index is 206. The van der Waals surface area contributed by atoms with Crippen molar-refractivity contribution in [3.05, 3.63) is 0 Å². The minimum absolute atomic E-state index is 0.134. The van der Waals surface area contributed by atoms with Gasteiger partial charge in [-0.1, -0.05) is 27.7 Å². The van der Waals surface area contributed by atoms with Crippen LogP contribution in [0.4, 0.5) is 0 Å². The van der Waals surface area contributed by atoms with E-state index in [1.54, 1.807) is 0 Å². The molecule has 0 spiro atoms. The van der Waals surface area contributed by atoms with E-state index in [4.69, 9.17) is 4.74 Å². The van der Waals surface area contributed by atoms with E-state index in [2.05, 4.69) is 24.5 Å². The van der Waals surface area contributed by atoms with Crippen molar-refractivity contribution >= 4 is 5.97 Å². The molecule has 0 aromatic rings. The van der Waals surface area contributed by atoms with Crippen LogP contribution >= 0.6 is 0 Å². The highest BCUT2D eigenvalue weighted by Gasteiger charge is 2.19. The summed E-state index contributed by atoms with van der Waals surface area (Å²) in [6, 6.07) is 0.612. The van der Waals surface area contributed by atoms with Crippen molar-refractivity contribution in [1.29, 1.82) is 0 Å². The van der Waals surface area contributed by atoms with Gasteiger partial charge in [0.1, 0.15) is 6.04 Å². The molecule has 0 aliphatic heterocycles. The molecule has 0 aromatic carbocycles. The van der Waals surface area contributed by atoms with E-state index in [1.165, 1.54) is 0 Å². The predicted molar refractivity (Wildman–Crippen MR) is 71.1 cm³/mol. The monoisotopic (exact) mass is 244 g/mol. The van der Waals surface area contributed by atoms with E-state index in [0.29, 0.717) is 18.7 Å². The second-order valence-corrected chi connectivity index (χ2v) is 4.88. The van der Waals surface area contributed by atoms with E-state index < -0.39 is 0 Å². The van der Waals surface area contributed by atoms with E-state index in [-0.39, 0.29) is 12.0 Å². The lowest BCUT2D eigenvalue weighted by Gasteiger charge is -2.20. The van der Waals surface area contributed by atoms with Gasteiger partial charge in [0, 0.05) is 12.1 Å².